The van der Waals surface area contributed by atoms with Crippen LogP contribution in [0.5, 0.6) is 0 Å². The molecule has 1 heteroatoms. The van der Waals surface area contributed by atoms with Crippen LogP contribution >= 0.6 is 0 Å². The van der Waals surface area contributed by atoms with Gasteiger partial charge in [-0.05, 0) is 0 Å². The third-order valence-electron chi connectivity index (χ3n) is 3.42. The molecule has 0 heterocycles. The molecule has 0 unspecified atom stereocenters. The number of unbranched alkanes of at least 4 members (excludes halogenated alkanes) is 4. The normalized spacial score (nSPS) is 12.9. The molecule has 16 heavy (non-hydrogen) atoms. The molecule has 0 aliphatic carbocycles. The Labute approximate surface area is 116 Å². The Morgan fingerprint density at radius 1 is 0.688 bits per heavy atom. The van der Waals surface area contributed by atoms with E-state index in [2.05, 4.69) is 20.8 Å². The van der Waals surface area contributed by atoms with Crippen molar-refractivity contribution >= 4 is 22.5 Å². The molecule has 0 aromatic carbocycles. The molecule has 0 aliphatic heterocycles. The summed E-state index contributed by atoms with van der Waals surface area (Å²) in [5, 5.41) is 0. The van der Waals surface area contributed by atoms with Crippen LogP contribution in [0.4, 0.5) is 0 Å². The van der Waals surface area contributed by atoms with Crippen LogP contribution < -0.4 is 0 Å². The van der Waals surface area contributed by atoms with Crippen molar-refractivity contribution in [2.75, 3.05) is 0 Å². The summed E-state index contributed by atoms with van der Waals surface area (Å²) in [5.74, 6) is 0. The molecule has 96 valence electrons. The first kappa shape index (κ1) is 16.5. The second-order valence-electron chi connectivity index (χ2n) is 5.05. The van der Waals surface area contributed by atoms with E-state index in [1.807, 2.05) is 9.16 Å². The van der Waals surface area contributed by atoms with Gasteiger partial charge in [-0.15, -0.1) is 0 Å². The molecule has 0 nitrogen and oxygen atoms in total. The molecule has 0 radical (unpaired) electrons. The van der Waals surface area contributed by atoms with Gasteiger partial charge in [-0.25, -0.2) is 0 Å². The zero-order chi connectivity index (χ0) is 12.2. The molecule has 0 aromatic rings. The summed E-state index contributed by atoms with van der Waals surface area (Å²) < 4.78 is 1.91. The Kier molecular flexibility index (Phi) is 12.4. The molecule has 0 aliphatic rings. The Morgan fingerprint density at radius 3 is 1.75 bits per heavy atom. The van der Waals surface area contributed by atoms with E-state index >= 15 is 0 Å². The third kappa shape index (κ3) is 8.66. The average molecular weight is 331 g/mol. The molecule has 0 amide bonds. The van der Waals surface area contributed by atoms with Gasteiger partial charge in [-0.2, -0.15) is 0 Å². The van der Waals surface area contributed by atoms with Crippen molar-refractivity contribution in [3.63, 3.8) is 0 Å². The predicted molar refractivity (Wildman–Crippen MR) is 80.2 cm³/mol. The quantitative estimate of drug-likeness (QED) is 0.406. The summed E-state index contributed by atoms with van der Waals surface area (Å²) in [6.45, 7) is 6.93. The van der Waals surface area contributed by atoms with Crippen molar-refractivity contribution < 1.29 is 0 Å². The average Bonchev–Trinajstić information content (AvgIpc) is 2.30. The van der Waals surface area contributed by atoms with E-state index < -0.39 is 0 Å². The minimum atomic E-state index is 0.755. The topological polar surface area (TPSA) is 0 Å². The first-order valence-electron chi connectivity index (χ1n) is 7.43. The fourth-order valence-electron chi connectivity index (χ4n) is 2.15. The molecule has 0 N–H and O–H groups in total. The molecule has 0 saturated carbocycles. The van der Waals surface area contributed by atoms with Gasteiger partial charge >= 0.3 is 117 Å². The second kappa shape index (κ2) is 12.0. The van der Waals surface area contributed by atoms with Gasteiger partial charge in [0.1, 0.15) is 0 Å². The van der Waals surface area contributed by atoms with Crippen molar-refractivity contribution in [2.45, 2.75) is 85.0 Å². The minimum absolute atomic E-state index is 0.755. The third-order valence-corrected chi connectivity index (χ3v) is 6.87. The predicted octanol–water partition coefficient (Wildman–Crippen LogP) is 4.57. The number of hydrogen-bond donors (Lipinski definition) is 0. The van der Waals surface area contributed by atoms with Crippen molar-refractivity contribution in [1.82, 2.24) is 0 Å². The molecular formula is C15H32Sn. The summed E-state index contributed by atoms with van der Waals surface area (Å²) in [7, 11) is 0. The van der Waals surface area contributed by atoms with Gasteiger partial charge in [-0.1, -0.05) is 0 Å². The van der Waals surface area contributed by atoms with Crippen LogP contribution in [-0.2, 0) is 0 Å². The maximum absolute atomic E-state index is 2.31. The molecular weight excluding hydrogens is 299 g/mol. The van der Waals surface area contributed by atoms with Gasteiger partial charge in [0.2, 0.25) is 0 Å². The van der Waals surface area contributed by atoms with Gasteiger partial charge in [0.25, 0.3) is 0 Å². The fraction of sp³-hybridized carbons (Fsp3) is 0.867. The van der Waals surface area contributed by atoms with Crippen molar-refractivity contribution in [3.8, 4) is 0 Å². The van der Waals surface area contributed by atoms with Crippen LogP contribution in [0.25, 0.3) is 0 Å². The van der Waals surface area contributed by atoms with Gasteiger partial charge < -0.3 is 0 Å². The first-order valence-corrected chi connectivity index (χ1v) is 10.3. The van der Waals surface area contributed by atoms with Crippen molar-refractivity contribution in [3.05, 3.63) is 9.16 Å². The van der Waals surface area contributed by atoms with E-state index in [1.165, 1.54) is 64.2 Å². The molecule has 0 spiro atoms. The van der Waals surface area contributed by atoms with Gasteiger partial charge in [0, 0.05) is 0 Å². The van der Waals surface area contributed by atoms with E-state index in [0.717, 1.165) is 22.5 Å². The molecule has 0 rings (SSSR count). The van der Waals surface area contributed by atoms with Gasteiger partial charge in [-0.3, -0.25) is 0 Å². The fourth-order valence-corrected chi connectivity index (χ4v) is 4.59. The van der Waals surface area contributed by atoms with E-state index in [-0.39, 0.29) is 0 Å². The Bertz CT molecular complexity index is 182. The van der Waals surface area contributed by atoms with E-state index in [0.29, 0.717) is 0 Å². The van der Waals surface area contributed by atoms with Crippen molar-refractivity contribution in [2.24, 2.45) is 0 Å². The van der Waals surface area contributed by atoms with Crippen LogP contribution in [0.3, 0.4) is 0 Å². The summed E-state index contributed by atoms with van der Waals surface area (Å²) >= 11 is 0.755. The van der Waals surface area contributed by atoms with E-state index in [4.69, 9.17) is 0 Å². The summed E-state index contributed by atoms with van der Waals surface area (Å²) in [6, 6.07) is 0. The second-order valence-corrected chi connectivity index (χ2v) is 8.49. The number of allylic oxidation sites excluding steroid dienone is 2. The van der Waals surface area contributed by atoms with E-state index in [1.54, 1.807) is 0 Å². The van der Waals surface area contributed by atoms with Crippen LogP contribution in [0.15, 0.2) is 9.16 Å². The summed E-state index contributed by atoms with van der Waals surface area (Å²) in [5.41, 5.74) is 1.87. The molecule has 0 atom stereocenters. The van der Waals surface area contributed by atoms with Gasteiger partial charge in [0.15, 0.2) is 0 Å². The summed E-state index contributed by atoms with van der Waals surface area (Å²) in [6.07, 6.45) is 14.0. The van der Waals surface area contributed by atoms with Gasteiger partial charge in [0.05, 0.1) is 0 Å². The zero-order valence-electron chi connectivity index (χ0n) is 12.1. The maximum atomic E-state index is 2.31. The first-order chi connectivity index (χ1) is 7.76. The van der Waals surface area contributed by atoms with Crippen LogP contribution in [0.2, 0.25) is 0 Å². The molecule has 0 saturated heterocycles. The van der Waals surface area contributed by atoms with Crippen LogP contribution in [0, 0.1) is 0 Å². The van der Waals surface area contributed by atoms with Crippen molar-refractivity contribution in [1.29, 1.82) is 0 Å². The Hall–Kier alpha value is 0.539. The van der Waals surface area contributed by atoms with Crippen LogP contribution in [0.1, 0.15) is 85.0 Å². The number of hydrogen-bond acceptors (Lipinski definition) is 0. The van der Waals surface area contributed by atoms with Crippen LogP contribution in [-0.4, -0.2) is 22.5 Å². The molecule has 0 bridgehead atoms. The molecule has 0 fully saturated rings. The monoisotopic (exact) mass is 332 g/mol. The zero-order valence-corrected chi connectivity index (χ0v) is 17.8. The Balaban J connectivity index is 4.13. The standard InChI is InChI=1S/C15H29.Sn.3H/c1-4-7-10-13-15(12-9-6-3)14-11-8-5-2;;;;/h4-13H2,1-3H3;;;;. The summed E-state index contributed by atoms with van der Waals surface area (Å²) in [4.78, 5) is 0. The Morgan fingerprint density at radius 2 is 1.19 bits per heavy atom. The molecule has 0 aromatic heterocycles. The van der Waals surface area contributed by atoms with E-state index in [9.17, 15) is 0 Å². The SMILES string of the molecule is CCCCCC(CCCC)=[C]([SnH3])CCCC. The number of rotatable bonds is 10.